The zero-order valence-corrected chi connectivity index (χ0v) is 16.9. The van der Waals surface area contributed by atoms with Crippen LogP contribution in [0.2, 0.25) is 0 Å². The molecule has 0 radical (unpaired) electrons. The minimum atomic E-state index is -0.348. The van der Waals surface area contributed by atoms with Crippen LogP contribution in [0.15, 0.2) is 52.8 Å². The number of amides is 2. The minimum Gasteiger partial charge on any atom is -0.344 e. The number of hydrogen-bond acceptors (Lipinski definition) is 4. The molecule has 142 valence electrons. The smallest absolute Gasteiger partial charge is 0.283 e. The summed E-state index contributed by atoms with van der Waals surface area (Å²) in [5.74, 6) is -0.902. The van der Waals surface area contributed by atoms with Gasteiger partial charge in [-0.05, 0) is 37.6 Å². The van der Waals surface area contributed by atoms with Gasteiger partial charge >= 0.3 is 0 Å². The first-order chi connectivity index (χ1) is 12.7. The molecule has 2 aliphatic heterocycles. The number of hydrogen-bond donors (Lipinski definition) is 0. The quantitative estimate of drug-likeness (QED) is 0.761. The van der Waals surface area contributed by atoms with E-state index in [0.29, 0.717) is 11.3 Å². The highest BCUT2D eigenvalue weighted by atomic mass is 16.2. The van der Waals surface area contributed by atoms with Gasteiger partial charge in [-0.25, -0.2) is 0 Å². The van der Waals surface area contributed by atoms with Crippen molar-refractivity contribution < 1.29 is 9.59 Å². The van der Waals surface area contributed by atoms with Crippen LogP contribution < -0.4 is 4.90 Å². The first kappa shape index (κ1) is 19.1. The zero-order chi connectivity index (χ0) is 19.9. The summed E-state index contributed by atoms with van der Waals surface area (Å²) >= 11 is 0. The second-order valence-corrected chi connectivity index (χ2v) is 7.81. The summed E-state index contributed by atoms with van der Waals surface area (Å²) in [4.78, 5) is 27.2. The average molecular weight is 365 g/mol. The SMILES string of the molecule is CCN1/C(=C\C=C2\C(=O)N(C(=O)C(C)C)N=C2C)C(C)(C)c2ccccc21. The molecular weight excluding hydrogens is 338 g/mol. The van der Waals surface area contributed by atoms with Crippen molar-refractivity contribution in [3.63, 3.8) is 0 Å². The lowest BCUT2D eigenvalue weighted by Crippen LogP contribution is -2.32. The Labute approximate surface area is 161 Å². The molecule has 3 rings (SSSR count). The Kier molecular flexibility index (Phi) is 4.81. The van der Waals surface area contributed by atoms with E-state index in [0.717, 1.165) is 17.3 Å². The van der Waals surface area contributed by atoms with Crippen LogP contribution in [0.25, 0.3) is 0 Å². The Morgan fingerprint density at radius 3 is 2.52 bits per heavy atom. The van der Waals surface area contributed by atoms with Gasteiger partial charge in [0.2, 0.25) is 0 Å². The second-order valence-electron chi connectivity index (χ2n) is 7.81. The van der Waals surface area contributed by atoms with Crippen molar-refractivity contribution in [1.29, 1.82) is 0 Å². The van der Waals surface area contributed by atoms with E-state index in [1.54, 1.807) is 26.8 Å². The number of imide groups is 1. The molecule has 0 spiro atoms. The molecule has 2 amide bonds. The number of likely N-dealkylation sites (N-methyl/N-ethyl adjacent to an activating group) is 1. The Morgan fingerprint density at radius 2 is 1.89 bits per heavy atom. The molecule has 0 aliphatic carbocycles. The number of carbonyl (C=O) groups is 2. The number of rotatable bonds is 3. The fourth-order valence-electron chi connectivity index (χ4n) is 3.75. The average Bonchev–Trinajstić information content (AvgIpc) is 3.03. The maximum Gasteiger partial charge on any atom is 0.283 e. The molecular formula is C22H27N3O2. The molecule has 27 heavy (non-hydrogen) atoms. The molecule has 5 nitrogen and oxygen atoms in total. The topological polar surface area (TPSA) is 53.0 Å². The molecule has 0 unspecified atom stereocenters. The number of anilines is 1. The number of nitrogens with zero attached hydrogens (tertiary/aromatic N) is 3. The predicted molar refractivity (Wildman–Crippen MR) is 108 cm³/mol. The lowest BCUT2D eigenvalue weighted by Gasteiger charge is -2.25. The maximum absolute atomic E-state index is 12.7. The van der Waals surface area contributed by atoms with Crippen LogP contribution in [0.3, 0.4) is 0 Å². The fraction of sp³-hybridized carbons (Fsp3) is 0.409. The van der Waals surface area contributed by atoms with Crippen molar-refractivity contribution in [3.8, 4) is 0 Å². The third-order valence-electron chi connectivity index (χ3n) is 5.29. The third kappa shape index (κ3) is 3.01. The number of carbonyl (C=O) groups excluding carboxylic acids is 2. The van der Waals surface area contributed by atoms with Gasteiger partial charge in [0, 0.05) is 29.3 Å². The monoisotopic (exact) mass is 365 g/mol. The molecule has 0 fully saturated rings. The van der Waals surface area contributed by atoms with E-state index in [-0.39, 0.29) is 23.1 Å². The van der Waals surface area contributed by atoms with Gasteiger partial charge in [-0.15, -0.1) is 0 Å². The highest BCUT2D eigenvalue weighted by molar-refractivity contribution is 6.27. The summed E-state index contributed by atoms with van der Waals surface area (Å²) in [6.07, 6.45) is 3.81. The largest absolute Gasteiger partial charge is 0.344 e. The second kappa shape index (κ2) is 6.80. The minimum absolute atomic E-state index is 0.163. The molecule has 1 aromatic carbocycles. The van der Waals surface area contributed by atoms with E-state index in [2.05, 4.69) is 49.0 Å². The molecule has 0 saturated carbocycles. The van der Waals surface area contributed by atoms with Gasteiger partial charge < -0.3 is 4.90 Å². The summed E-state index contributed by atoms with van der Waals surface area (Å²) in [5, 5.41) is 5.17. The van der Waals surface area contributed by atoms with Crippen LogP contribution >= 0.6 is 0 Å². The zero-order valence-electron chi connectivity index (χ0n) is 16.9. The van der Waals surface area contributed by atoms with Crippen molar-refractivity contribution in [3.05, 3.63) is 53.3 Å². The van der Waals surface area contributed by atoms with Crippen molar-refractivity contribution in [1.82, 2.24) is 5.01 Å². The first-order valence-corrected chi connectivity index (χ1v) is 9.43. The van der Waals surface area contributed by atoms with E-state index < -0.39 is 0 Å². The van der Waals surface area contributed by atoms with E-state index in [9.17, 15) is 9.59 Å². The van der Waals surface area contributed by atoms with Crippen LogP contribution in [-0.2, 0) is 15.0 Å². The summed E-state index contributed by atoms with van der Waals surface area (Å²) in [7, 11) is 0. The number of para-hydroxylation sites is 1. The van der Waals surface area contributed by atoms with Gasteiger partial charge in [-0.2, -0.15) is 10.1 Å². The Morgan fingerprint density at radius 1 is 1.22 bits per heavy atom. The summed E-state index contributed by atoms with van der Waals surface area (Å²) < 4.78 is 0. The number of allylic oxidation sites excluding steroid dienone is 3. The molecule has 0 atom stereocenters. The van der Waals surface area contributed by atoms with Gasteiger partial charge in [0.1, 0.15) is 0 Å². The molecule has 1 aromatic rings. The lowest BCUT2D eigenvalue weighted by molar-refractivity contribution is -0.143. The highest BCUT2D eigenvalue weighted by Crippen LogP contribution is 2.47. The predicted octanol–water partition coefficient (Wildman–Crippen LogP) is 4.02. The van der Waals surface area contributed by atoms with E-state index in [1.165, 1.54) is 11.3 Å². The van der Waals surface area contributed by atoms with Gasteiger partial charge in [-0.3, -0.25) is 9.59 Å². The van der Waals surface area contributed by atoms with Crippen molar-refractivity contribution >= 4 is 23.2 Å². The summed E-state index contributed by atoms with van der Waals surface area (Å²) in [6, 6.07) is 8.39. The number of benzene rings is 1. The van der Waals surface area contributed by atoms with Gasteiger partial charge in [-0.1, -0.05) is 45.9 Å². The van der Waals surface area contributed by atoms with Crippen molar-refractivity contribution in [2.75, 3.05) is 11.4 Å². The van der Waals surface area contributed by atoms with E-state index in [1.807, 2.05) is 12.1 Å². The normalized spacial score (nSPS) is 21.4. The molecule has 0 N–H and O–H groups in total. The van der Waals surface area contributed by atoms with E-state index in [4.69, 9.17) is 0 Å². The van der Waals surface area contributed by atoms with Crippen LogP contribution in [0.5, 0.6) is 0 Å². The van der Waals surface area contributed by atoms with Crippen LogP contribution in [0, 0.1) is 5.92 Å². The van der Waals surface area contributed by atoms with Crippen molar-refractivity contribution in [2.45, 2.75) is 47.0 Å². The highest BCUT2D eigenvalue weighted by Gasteiger charge is 2.39. The molecule has 5 heteroatoms. The van der Waals surface area contributed by atoms with Gasteiger partial charge in [0.05, 0.1) is 11.3 Å². The van der Waals surface area contributed by atoms with Gasteiger partial charge in [0.15, 0.2) is 0 Å². The van der Waals surface area contributed by atoms with E-state index >= 15 is 0 Å². The molecule has 0 aromatic heterocycles. The molecule has 2 heterocycles. The number of fused-ring (bicyclic) bond motifs is 1. The third-order valence-corrected chi connectivity index (χ3v) is 5.29. The number of hydrazone groups is 1. The Bertz CT molecular complexity index is 891. The molecule has 0 bridgehead atoms. The molecule has 2 aliphatic rings. The van der Waals surface area contributed by atoms with Gasteiger partial charge in [0.25, 0.3) is 11.8 Å². The standard InChI is InChI=1S/C22H27N3O2/c1-7-24-18-11-9-8-10-17(18)22(5,6)19(24)13-12-16-15(4)23-25(21(16)27)20(26)14(2)3/h8-14H,7H2,1-6H3/b16-12+,19-13-. The fourth-order valence-corrected chi connectivity index (χ4v) is 3.75. The lowest BCUT2D eigenvalue weighted by atomic mass is 9.83. The van der Waals surface area contributed by atoms with Crippen LogP contribution in [0.1, 0.15) is 47.1 Å². The first-order valence-electron chi connectivity index (χ1n) is 9.43. The Balaban J connectivity index is 1.99. The summed E-state index contributed by atoms with van der Waals surface area (Å²) in [6.45, 7) is 12.6. The maximum atomic E-state index is 12.7. The molecule has 0 saturated heterocycles. The summed E-state index contributed by atoms with van der Waals surface area (Å²) in [5.41, 5.74) is 4.49. The Hall–Kier alpha value is -2.69. The van der Waals surface area contributed by atoms with Crippen molar-refractivity contribution in [2.24, 2.45) is 11.0 Å². The van der Waals surface area contributed by atoms with Crippen LogP contribution in [-0.4, -0.2) is 29.1 Å². The van der Waals surface area contributed by atoms with Crippen LogP contribution in [0.4, 0.5) is 5.69 Å².